The predicted octanol–water partition coefficient (Wildman–Crippen LogP) is 3.44. The quantitative estimate of drug-likeness (QED) is 0.442. The van der Waals surface area contributed by atoms with Crippen LogP contribution in [0.1, 0.15) is 6.04 Å². The summed E-state index contributed by atoms with van der Waals surface area (Å²) in [6.45, 7) is -0.569. The SMILES string of the molecule is OCC1O[C@H](Sc2cc(Cl)ccc2Cl)[C@@H](O)C(n2cc(-c3cc(F)c(F)c(F)c3)nn2)[C@H]1O. The van der Waals surface area contributed by atoms with E-state index in [1.54, 1.807) is 18.2 Å². The van der Waals surface area contributed by atoms with Crippen molar-refractivity contribution in [3.63, 3.8) is 0 Å². The third-order valence-corrected chi connectivity index (χ3v) is 6.97. The molecule has 0 aliphatic carbocycles. The molecule has 13 heteroatoms. The lowest BCUT2D eigenvalue weighted by Crippen LogP contribution is -2.55. The standard InChI is InChI=1S/C20H16Cl2F3N3O4S/c21-9-1-2-10(22)15(5-9)33-20-19(31)17(18(30)14(7-29)32-20)28-6-13(26-27-28)8-3-11(23)16(25)12(24)4-8/h1-6,14,17-20,29-31H,7H2/t14?,17?,18-,19-,20+/m0/s1. The summed E-state index contributed by atoms with van der Waals surface area (Å²) in [6.07, 6.45) is -2.65. The van der Waals surface area contributed by atoms with Crippen LogP contribution in [-0.4, -0.2) is 60.7 Å². The first-order valence-corrected chi connectivity index (χ1v) is 11.1. The Morgan fingerprint density at radius 2 is 1.76 bits per heavy atom. The van der Waals surface area contributed by atoms with Crippen molar-refractivity contribution in [2.45, 2.75) is 34.7 Å². The molecule has 0 bridgehead atoms. The third kappa shape index (κ3) is 4.85. The molecule has 33 heavy (non-hydrogen) atoms. The van der Waals surface area contributed by atoms with E-state index in [1.807, 2.05) is 0 Å². The summed E-state index contributed by atoms with van der Waals surface area (Å²) in [5, 5.41) is 39.8. The molecular weight excluding hydrogens is 506 g/mol. The van der Waals surface area contributed by atoms with Gasteiger partial charge >= 0.3 is 0 Å². The highest BCUT2D eigenvalue weighted by Crippen LogP contribution is 2.41. The van der Waals surface area contributed by atoms with Gasteiger partial charge in [0.15, 0.2) is 17.5 Å². The van der Waals surface area contributed by atoms with Gasteiger partial charge in [-0.15, -0.1) is 5.10 Å². The van der Waals surface area contributed by atoms with E-state index >= 15 is 0 Å². The van der Waals surface area contributed by atoms with Crippen LogP contribution in [0.2, 0.25) is 10.0 Å². The summed E-state index contributed by atoms with van der Waals surface area (Å²) in [6, 6.07) is 5.08. The molecule has 3 aromatic rings. The highest BCUT2D eigenvalue weighted by molar-refractivity contribution is 8.00. The van der Waals surface area contributed by atoms with Crippen LogP contribution in [0.15, 0.2) is 41.4 Å². The molecule has 1 fully saturated rings. The van der Waals surface area contributed by atoms with Gasteiger partial charge < -0.3 is 20.1 Å². The zero-order chi connectivity index (χ0) is 23.9. The number of thioether (sulfide) groups is 1. The minimum Gasteiger partial charge on any atom is -0.394 e. The molecule has 2 unspecified atom stereocenters. The maximum Gasteiger partial charge on any atom is 0.194 e. The fourth-order valence-corrected chi connectivity index (χ4v) is 5.04. The molecular formula is C20H16Cl2F3N3O4S. The van der Waals surface area contributed by atoms with Gasteiger partial charge in [0.1, 0.15) is 35.5 Å². The van der Waals surface area contributed by atoms with Crippen LogP contribution in [0, 0.1) is 17.5 Å². The normalized spacial score (nSPS) is 25.4. The van der Waals surface area contributed by atoms with Gasteiger partial charge in [0.05, 0.1) is 17.8 Å². The molecule has 176 valence electrons. The molecule has 2 heterocycles. The second-order valence-corrected chi connectivity index (χ2v) is 9.21. The smallest absolute Gasteiger partial charge is 0.194 e. The number of aromatic nitrogens is 3. The first kappa shape index (κ1) is 24.3. The van der Waals surface area contributed by atoms with Crippen LogP contribution in [0.5, 0.6) is 0 Å². The van der Waals surface area contributed by atoms with Crippen LogP contribution < -0.4 is 0 Å². The van der Waals surface area contributed by atoms with Gasteiger partial charge in [-0.25, -0.2) is 17.9 Å². The van der Waals surface area contributed by atoms with Crippen molar-refractivity contribution in [3.8, 4) is 11.3 Å². The molecule has 7 nitrogen and oxygen atoms in total. The minimum atomic E-state index is -1.62. The Balaban J connectivity index is 1.65. The van der Waals surface area contributed by atoms with E-state index < -0.39 is 53.8 Å². The van der Waals surface area contributed by atoms with Gasteiger partial charge in [-0.05, 0) is 30.3 Å². The summed E-state index contributed by atoms with van der Waals surface area (Å²) in [5.41, 5.74) is -1.12. The van der Waals surface area contributed by atoms with Crippen molar-refractivity contribution in [1.82, 2.24) is 15.0 Å². The number of hydrogen-bond acceptors (Lipinski definition) is 7. The Bertz CT molecular complexity index is 1150. The lowest BCUT2D eigenvalue weighted by molar-refractivity contribution is -0.178. The molecule has 4 rings (SSSR count). The van der Waals surface area contributed by atoms with E-state index in [9.17, 15) is 28.5 Å². The molecule has 3 N–H and O–H groups in total. The van der Waals surface area contributed by atoms with Crippen molar-refractivity contribution in [2.75, 3.05) is 6.61 Å². The zero-order valence-electron chi connectivity index (χ0n) is 16.4. The molecule has 0 saturated carbocycles. The molecule has 0 spiro atoms. The highest BCUT2D eigenvalue weighted by atomic mass is 35.5. The number of rotatable bonds is 5. The minimum absolute atomic E-state index is 0.0265. The van der Waals surface area contributed by atoms with Gasteiger partial charge in [-0.3, -0.25) is 0 Å². The molecule has 0 radical (unpaired) electrons. The Morgan fingerprint density at radius 3 is 2.42 bits per heavy atom. The van der Waals surface area contributed by atoms with E-state index in [0.717, 1.165) is 28.6 Å². The fraction of sp³-hybridized carbons (Fsp3) is 0.300. The van der Waals surface area contributed by atoms with E-state index in [1.165, 1.54) is 6.20 Å². The second kappa shape index (κ2) is 9.79. The maximum atomic E-state index is 13.6. The van der Waals surface area contributed by atoms with Gasteiger partial charge in [0, 0.05) is 15.5 Å². The Labute approximate surface area is 199 Å². The van der Waals surface area contributed by atoms with E-state index in [2.05, 4.69) is 10.3 Å². The number of hydrogen-bond donors (Lipinski definition) is 3. The van der Waals surface area contributed by atoms with Crippen LogP contribution >= 0.6 is 35.0 Å². The van der Waals surface area contributed by atoms with Crippen LogP contribution in [0.4, 0.5) is 13.2 Å². The Hall–Kier alpha value is -1.86. The molecule has 5 atom stereocenters. The Morgan fingerprint density at radius 1 is 1.06 bits per heavy atom. The van der Waals surface area contributed by atoms with Gasteiger partial charge in [-0.1, -0.05) is 40.2 Å². The number of ether oxygens (including phenoxy) is 1. The molecule has 2 aromatic carbocycles. The number of aliphatic hydroxyl groups is 3. The van der Waals surface area contributed by atoms with E-state index in [0.29, 0.717) is 14.9 Å². The molecule has 1 aromatic heterocycles. The lowest BCUT2D eigenvalue weighted by atomic mass is 9.97. The van der Waals surface area contributed by atoms with Crippen molar-refractivity contribution in [3.05, 3.63) is 64.0 Å². The van der Waals surface area contributed by atoms with Crippen molar-refractivity contribution >= 4 is 35.0 Å². The fourth-order valence-electron chi connectivity index (χ4n) is 3.43. The van der Waals surface area contributed by atoms with Gasteiger partial charge in [-0.2, -0.15) is 0 Å². The number of nitrogens with zero attached hydrogens (tertiary/aromatic N) is 3. The second-order valence-electron chi connectivity index (χ2n) is 7.23. The van der Waals surface area contributed by atoms with Crippen molar-refractivity contribution < 1.29 is 33.2 Å². The average molecular weight is 522 g/mol. The first-order valence-electron chi connectivity index (χ1n) is 9.50. The average Bonchev–Trinajstić information content (AvgIpc) is 3.26. The van der Waals surface area contributed by atoms with Crippen molar-refractivity contribution in [1.29, 1.82) is 0 Å². The summed E-state index contributed by atoms with van der Waals surface area (Å²) in [4.78, 5) is 0.497. The van der Waals surface area contributed by atoms with Crippen LogP contribution in [0.25, 0.3) is 11.3 Å². The van der Waals surface area contributed by atoms with Gasteiger partial charge in [0.2, 0.25) is 0 Å². The van der Waals surface area contributed by atoms with Crippen LogP contribution in [-0.2, 0) is 4.74 Å². The van der Waals surface area contributed by atoms with Crippen molar-refractivity contribution in [2.24, 2.45) is 0 Å². The first-order chi connectivity index (χ1) is 15.7. The summed E-state index contributed by atoms with van der Waals surface area (Å²) in [7, 11) is 0. The zero-order valence-corrected chi connectivity index (χ0v) is 18.8. The number of aliphatic hydroxyl groups excluding tert-OH is 3. The molecule has 1 aliphatic heterocycles. The molecule has 0 amide bonds. The highest BCUT2D eigenvalue weighted by Gasteiger charge is 2.46. The largest absolute Gasteiger partial charge is 0.394 e. The lowest BCUT2D eigenvalue weighted by Gasteiger charge is -2.41. The third-order valence-electron chi connectivity index (χ3n) is 5.08. The summed E-state index contributed by atoms with van der Waals surface area (Å²) >= 11 is 13.2. The molecule has 1 saturated heterocycles. The topological polar surface area (TPSA) is 101 Å². The van der Waals surface area contributed by atoms with E-state index in [-0.39, 0.29) is 11.3 Å². The molecule has 1 aliphatic rings. The monoisotopic (exact) mass is 521 g/mol. The van der Waals surface area contributed by atoms with Crippen LogP contribution in [0.3, 0.4) is 0 Å². The maximum absolute atomic E-state index is 13.6. The van der Waals surface area contributed by atoms with E-state index in [4.69, 9.17) is 27.9 Å². The number of halogens is 5. The van der Waals surface area contributed by atoms with Gasteiger partial charge in [0.25, 0.3) is 0 Å². The predicted molar refractivity (Wildman–Crippen MR) is 114 cm³/mol. The summed E-state index contributed by atoms with van der Waals surface area (Å²) < 4.78 is 47.2. The Kier molecular flexibility index (Phi) is 7.20. The number of benzene rings is 2. The summed E-state index contributed by atoms with van der Waals surface area (Å²) in [5.74, 6) is -4.42.